The van der Waals surface area contributed by atoms with E-state index in [1.54, 1.807) is 40.4 Å². The molecule has 1 amide bonds. The molecule has 1 fully saturated rings. The number of imidazole rings is 1. The van der Waals surface area contributed by atoms with Crippen molar-refractivity contribution in [2.24, 2.45) is 0 Å². The van der Waals surface area contributed by atoms with Crippen molar-refractivity contribution in [3.05, 3.63) is 48.2 Å². The van der Waals surface area contributed by atoms with Gasteiger partial charge in [0.2, 0.25) is 0 Å². The van der Waals surface area contributed by atoms with Gasteiger partial charge in [-0.15, -0.1) is 5.10 Å². The number of pyridine rings is 1. The Hall–Kier alpha value is -2.74. The minimum Gasteiger partial charge on any atom is -0.381 e. The Morgan fingerprint density at radius 3 is 2.92 bits per heavy atom. The van der Waals surface area contributed by atoms with Gasteiger partial charge in [0, 0.05) is 37.6 Å². The molecular formula is C17H20N6O2. The van der Waals surface area contributed by atoms with Crippen LogP contribution in [0.4, 0.5) is 0 Å². The summed E-state index contributed by atoms with van der Waals surface area (Å²) in [5, 5.41) is 19.1. The molecule has 0 spiro atoms. The van der Waals surface area contributed by atoms with Crippen molar-refractivity contribution in [3.63, 3.8) is 0 Å². The number of amides is 1. The molecule has 0 unspecified atom stereocenters. The first-order chi connectivity index (χ1) is 12.0. The lowest BCUT2D eigenvalue weighted by molar-refractivity contribution is 0.0381. The van der Waals surface area contributed by atoms with Crippen LogP contribution in [0, 0.1) is 0 Å². The largest absolute Gasteiger partial charge is 0.381 e. The molecule has 1 atom stereocenters. The normalized spacial score (nSPS) is 20.7. The maximum Gasteiger partial charge on any atom is 0.255 e. The second-order valence-electron chi connectivity index (χ2n) is 6.80. The first-order valence-electron chi connectivity index (χ1n) is 8.33. The van der Waals surface area contributed by atoms with Crippen LogP contribution in [-0.4, -0.2) is 53.4 Å². The number of fused-ring (bicyclic) bond motifs is 1. The lowest BCUT2D eigenvalue weighted by atomic mass is 10.00. The van der Waals surface area contributed by atoms with Gasteiger partial charge in [-0.25, -0.2) is 9.67 Å². The average Bonchev–Trinajstić information content (AvgIpc) is 3.32. The first-order valence-corrected chi connectivity index (χ1v) is 8.33. The quantitative estimate of drug-likeness (QED) is 0.775. The van der Waals surface area contributed by atoms with Crippen molar-refractivity contribution < 1.29 is 9.90 Å². The molecule has 0 aliphatic carbocycles. The number of carbonyl (C=O) groups is 1. The summed E-state index contributed by atoms with van der Waals surface area (Å²) in [6.07, 6.45) is 7.46. The number of hydrogen-bond donors (Lipinski definition) is 1. The molecule has 4 heterocycles. The smallest absolute Gasteiger partial charge is 0.255 e. The number of aromatic nitrogens is 5. The predicted octanol–water partition coefficient (Wildman–Crippen LogP) is 1.24. The fraction of sp³-hybridized carbons (Fsp3) is 0.412. The van der Waals surface area contributed by atoms with Crippen LogP contribution in [0.5, 0.6) is 0 Å². The Labute approximate surface area is 144 Å². The Bertz CT molecular complexity index is 930. The molecule has 8 heteroatoms. The molecule has 0 saturated carbocycles. The first kappa shape index (κ1) is 15.8. The number of likely N-dealkylation sites (tertiary alicyclic amines) is 1. The summed E-state index contributed by atoms with van der Waals surface area (Å²) in [6, 6.07) is 3.74. The zero-order valence-corrected chi connectivity index (χ0v) is 14.2. The van der Waals surface area contributed by atoms with Gasteiger partial charge < -0.3 is 14.4 Å². The highest BCUT2D eigenvalue weighted by Crippen LogP contribution is 2.31. The van der Waals surface area contributed by atoms with Gasteiger partial charge in [0.1, 0.15) is 16.9 Å². The molecule has 130 valence electrons. The van der Waals surface area contributed by atoms with E-state index in [-0.39, 0.29) is 18.5 Å². The Morgan fingerprint density at radius 2 is 2.16 bits per heavy atom. The average molecular weight is 340 g/mol. The molecule has 1 saturated heterocycles. The van der Waals surface area contributed by atoms with Gasteiger partial charge in [-0.2, -0.15) is 0 Å². The summed E-state index contributed by atoms with van der Waals surface area (Å²) < 4.78 is 3.52. The second kappa shape index (κ2) is 5.66. The van der Waals surface area contributed by atoms with E-state index in [0.717, 1.165) is 5.65 Å². The van der Waals surface area contributed by atoms with Crippen LogP contribution in [0.25, 0.3) is 5.65 Å². The number of rotatable bonds is 3. The maximum absolute atomic E-state index is 12.8. The van der Waals surface area contributed by atoms with E-state index in [9.17, 15) is 9.90 Å². The molecule has 3 aromatic rings. The van der Waals surface area contributed by atoms with Crippen LogP contribution < -0.4 is 0 Å². The molecule has 0 radical (unpaired) electrons. The molecule has 1 N–H and O–H groups in total. The van der Waals surface area contributed by atoms with E-state index >= 15 is 0 Å². The second-order valence-corrected chi connectivity index (χ2v) is 6.80. The number of aliphatic hydroxyl groups is 1. The van der Waals surface area contributed by atoms with E-state index < -0.39 is 5.60 Å². The molecule has 0 aromatic carbocycles. The van der Waals surface area contributed by atoms with Crippen molar-refractivity contribution in [2.75, 3.05) is 13.1 Å². The van der Waals surface area contributed by atoms with Gasteiger partial charge in [-0.3, -0.25) is 4.79 Å². The summed E-state index contributed by atoms with van der Waals surface area (Å²) >= 11 is 0. The zero-order valence-electron chi connectivity index (χ0n) is 14.2. The van der Waals surface area contributed by atoms with Gasteiger partial charge in [-0.05, 0) is 26.0 Å². The summed E-state index contributed by atoms with van der Waals surface area (Å²) in [5.41, 5.74) is 0.726. The lowest BCUT2D eigenvalue weighted by Gasteiger charge is -2.21. The molecular weight excluding hydrogens is 320 g/mol. The van der Waals surface area contributed by atoms with Gasteiger partial charge >= 0.3 is 0 Å². The molecule has 25 heavy (non-hydrogen) atoms. The molecule has 1 aliphatic rings. The third-order valence-corrected chi connectivity index (χ3v) is 4.69. The number of nitrogens with zero attached hydrogens (tertiary/aromatic N) is 6. The minimum atomic E-state index is -1.15. The Balaban J connectivity index is 1.55. The summed E-state index contributed by atoms with van der Waals surface area (Å²) in [4.78, 5) is 18.6. The van der Waals surface area contributed by atoms with Crippen molar-refractivity contribution in [1.82, 2.24) is 29.3 Å². The number of hydrogen-bond acceptors (Lipinski definition) is 5. The van der Waals surface area contributed by atoms with E-state index in [4.69, 9.17) is 0 Å². The highest BCUT2D eigenvalue weighted by Gasteiger charge is 2.42. The highest BCUT2D eigenvalue weighted by molar-refractivity contribution is 5.94. The van der Waals surface area contributed by atoms with Crippen molar-refractivity contribution >= 4 is 11.6 Å². The molecule has 3 aromatic heterocycles. The topological polar surface area (TPSA) is 88.5 Å². The minimum absolute atomic E-state index is 0.109. The fourth-order valence-corrected chi connectivity index (χ4v) is 3.15. The van der Waals surface area contributed by atoms with Crippen molar-refractivity contribution in [2.45, 2.75) is 31.9 Å². The van der Waals surface area contributed by atoms with Crippen LogP contribution in [0.2, 0.25) is 0 Å². The van der Waals surface area contributed by atoms with Crippen LogP contribution in [0.3, 0.4) is 0 Å². The van der Waals surface area contributed by atoms with Crippen LogP contribution >= 0.6 is 0 Å². The lowest BCUT2D eigenvalue weighted by Crippen LogP contribution is -2.34. The fourth-order valence-electron chi connectivity index (χ4n) is 3.15. The molecule has 0 bridgehead atoms. The van der Waals surface area contributed by atoms with Crippen molar-refractivity contribution in [1.29, 1.82) is 0 Å². The van der Waals surface area contributed by atoms with Gasteiger partial charge in [0.15, 0.2) is 0 Å². The third kappa shape index (κ3) is 2.68. The van der Waals surface area contributed by atoms with Crippen LogP contribution in [0.15, 0.2) is 36.9 Å². The molecule has 8 nitrogen and oxygen atoms in total. The predicted molar refractivity (Wildman–Crippen MR) is 90.0 cm³/mol. The SMILES string of the molecule is CC(C)n1cc([C@@]2(O)CCN(C(=O)c3ccc4nccn4c3)C2)nn1. The number of carbonyl (C=O) groups excluding carboxylic acids is 1. The van der Waals surface area contributed by atoms with Gasteiger partial charge in [0.25, 0.3) is 5.91 Å². The Kier molecular flexibility index (Phi) is 3.57. The highest BCUT2D eigenvalue weighted by atomic mass is 16.3. The summed E-state index contributed by atoms with van der Waals surface area (Å²) in [7, 11) is 0. The van der Waals surface area contributed by atoms with Crippen LogP contribution in [0.1, 0.15) is 42.4 Å². The van der Waals surface area contributed by atoms with Gasteiger partial charge in [0.05, 0.1) is 18.3 Å². The van der Waals surface area contributed by atoms with E-state index in [1.807, 2.05) is 24.3 Å². The maximum atomic E-state index is 12.8. The van der Waals surface area contributed by atoms with E-state index in [1.165, 1.54) is 0 Å². The number of β-amino-alcohol motifs (C(OH)–C–C–N with tert-alkyl or cyclic N) is 1. The van der Waals surface area contributed by atoms with Crippen molar-refractivity contribution in [3.8, 4) is 0 Å². The monoisotopic (exact) mass is 340 g/mol. The molecule has 4 rings (SSSR count). The zero-order chi connectivity index (χ0) is 17.6. The van der Waals surface area contributed by atoms with Crippen LogP contribution in [-0.2, 0) is 5.60 Å². The molecule has 1 aliphatic heterocycles. The van der Waals surface area contributed by atoms with E-state index in [2.05, 4.69) is 15.3 Å². The Morgan fingerprint density at radius 1 is 1.32 bits per heavy atom. The standard InChI is InChI=1S/C17H20N6O2/c1-12(2)23-10-14(19-20-23)17(25)5-7-22(11-17)16(24)13-3-4-15-18-6-8-21(15)9-13/h3-4,6,8-10,12,25H,5,7,11H2,1-2H3/t17-/m1/s1. The summed E-state index contributed by atoms with van der Waals surface area (Å²) in [6.45, 7) is 4.69. The van der Waals surface area contributed by atoms with Gasteiger partial charge in [-0.1, -0.05) is 5.21 Å². The summed E-state index contributed by atoms with van der Waals surface area (Å²) in [5.74, 6) is -0.109. The third-order valence-electron chi connectivity index (χ3n) is 4.69. The van der Waals surface area contributed by atoms with E-state index in [0.29, 0.717) is 24.2 Å².